The molecule has 0 bridgehead atoms. The number of aryl methyl sites for hydroxylation is 2. The van der Waals surface area contributed by atoms with Gasteiger partial charge in [-0.3, -0.25) is 10.1 Å². The van der Waals surface area contributed by atoms with Crippen LogP contribution in [0.1, 0.15) is 30.4 Å². The number of nitrogens with zero attached hydrogens (tertiary/aromatic N) is 3. The number of likely N-dealkylation sites (tertiary alicyclic amines) is 1. The second-order valence-electron chi connectivity index (χ2n) is 7.65. The molecular formula is C19H22N4O3S. The van der Waals surface area contributed by atoms with Crippen LogP contribution < -0.4 is 5.32 Å². The van der Waals surface area contributed by atoms with E-state index in [9.17, 15) is 14.7 Å². The number of amides is 2. The van der Waals surface area contributed by atoms with Crippen LogP contribution >= 0.6 is 11.3 Å². The molecule has 8 heteroatoms. The van der Waals surface area contributed by atoms with Crippen LogP contribution in [0.25, 0.3) is 10.6 Å². The van der Waals surface area contributed by atoms with Crippen molar-refractivity contribution in [1.29, 1.82) is 0 Å². The Kier molecular flexibility index (Phi) is 4.38. The molecule has 1 aromatic heterocycles. The van der Waals surface area contributed by atoms with Crippen LogP contribution in [-0.4, -0.2) is 45.3 Å². The number of aromatic nitrogens is 2. The Morgan fingerprint density at radius 3 is 2.67 bits per heavy atom. The van der Waals surface area contributed by atoms with Crippen LogP contribution in [0.5, 0.6) is 0 Å². The van der Waals surface area contributed by atoms with Gasteiger partial charge in [-0.05, 0) is 44.7 Å². The summed E-state index contributed by atoms with van der Waals surface area (Å²) in [4.78, 5) is 26.0. The van der Waals surface area contributed by atoms with Crippen molar-refractivity contribution in [1.82, 2.24) is 15.1 Å². The number of carboxylic acids is 1. The molecule has 0 unspecified atom stereocenters. The average Bonchev–Trinajstić information content (AvgIpc) is 3.27. The van der Waals surface area contributed by atoms with Gasteiger partial charge in [0.2, 0.25) is 5.13 Å². The highest BCUT2D eigenvalue weighted by molar-refractivity contribution is 7.18. The van der Waals surface area contributed by atoms with E-state index in [0.29, 0.717) is 18.1 Å². The first-order valence-corrected chi connectivity index (χ1v) is 9.90. The molecule has 2 amide bonds. The van der Waals surface area contributed by atoms with Crippen molar-refractivity contribution in [2.45, 2.75) is 33.1 Å². The van der Waals surface area contributed by atoms with Gasteiger partial charge in [-0.1, -0.05) is 35.0 Å². The van der Waals surface area contributed by atoms with Crippen molar-refractivity contribution >= 4 is 28.5 Å². The number of benzene rings is 1. The Morgan fingerprint density at radius 2 is 2.00 bits per heavy atom. The van der Waals surface area contributed by atoms with E-state index in [1.165, 1.54) is 11.3 Å². The molecule has 2 fully saturated rings. The van der Waals surface area contributed by atoms with Crippen LogP contribution in [0.15, 0.2) is 18.2 Å². The van der Waals surface area contributed by atoms with Crippen LogP contribution in [0, 0.1) is 25.2 Å². The number of fused-ring (bicyclic) bond motifs is 1. The summed E-state index contributed by atoms with van der Waals surface area (Å²) in [6, 6.07) is 5.87. The van der Waals surface area contributed by atoms with Crippen molar-refractivity contribution < 1.29 is 14.7 Å². The first kappa shape index (κ1) is 17.9. The van der Waals surface area contributed by atoms with Gasteiger partial charge in [0, 0.05) is 18.7 Å². The van der Waals surface area contributed by atoms with Gasteiger partial charge < -0.3 is 10.0 Å². The number of carboxylic acid groups (broad SMARTS) is 1. The zero-order valence-corrected chi connectivity index (χ0v) is 16.2. The van der Waals surface area contributed by atoms with Gasteiger partial charge in [0.1, 0.15) is 5.01 Å². The molecular weight excluding hydrogens is 364 g/mol. The van der Waals surface area contributed by atoms with E-state index in [4.69, 9.17) is 0 Å². The Morgan fingerprint density at radius 1 is 1.26 bits per heavy atom. The average molecular weight is 386 g/mol. The molecule has 0 radical (unpaired) electrons. The largest absolute Gasteiger partial charge is 0.481 e. The highest BCUT2D eigenvalue weighted by Gasteiger charge is 2.55. The third kappa shape index (κ3) is 3.18. The second kappa shape index (κ2) is 6.60. The summed E-state index contributed by atoms with van der Waals surface area (Å²) >= 11 is 1.32. The normalized spacial score (nSPS) is 24.1. The maximum Gasteiger partial charge on any atom is 0.323 e. The molecule has 142 valence electrons. The first-order valence-electron chi connectivity index (χ1n) is 9.09. The Hall–Kier alpha value is -2.48. The summed E-state index contributed by atoms with van der Waals surface area (Å²) in [6.45, 7) is 4.81. The summed E-state index contributed by atoms with van der Waals surface area (Å²) in [5.74, 6) is -0.741. The van der Waals surface area contributed by atoms with Gasteiger partial charge >= 0.3 is 12.0 Å². The zero-order chi connectivity index (χ0) is 19.2. The second-order valence-corrected chi connectivity index (χ2v) is 8.63. The van der Waals surface area contributed by atoms with Crippen molar-refractivity contribution in [2.24, 2.45) is 11.3 Å². The highest BCUT2D eigenvalue weighted by Crippen LogP contribution is 2.49. The van der Waals surface area contributed by atoms with E-state index in [1.54, 1.807) is 4.90 Å². The molecule has 2 N–H and O–H groups in total. The molecule has 2 atom stereocenters. The molecule has 0 spiro atoms. The Bertz CT molecular complexity index is 892. The van der Waals surface area contributed by atoms with Gasteiger partial charge in [-0.2, -0.15) is 0 Å². The standard InChI is InChI=1S/C19H22N4O3S/c1-11-6-12(2)8-13(7-11)15-21-22-17(27-15)20-18(26)23-9-14-4-3-5-19(14,10-23)16(24)25/h6-8,14H,3-5,9-10H2,1-2H3,(H,24,25)(H,20,22,26)/t14-,19+/m0/s1. The van der Waals surface area contributed by atoms with E-state index >= 15 is 0 Å². The van der Waals surface area contributed by atoms with E-state index < -0.39 is 11.4 Å². The lowest BCUT2D eigenvalue weighted by molar-refractivity contribution is -0.149. The van der Waals surface area contributed by atoms with Gasteiger partial charge in [-0.15, -0.1) is 10.2 Å². The SMILES string of the molecule is Cc1cc(C)cc(-c2nnc(NC(=O)N3C[C@@H]4CCC[C@@]4(C(=O)O)C3)s2)c1. The van der Waals surface area contributed by atoms with Crippen molar-refractivity contribution in [3.63, 3.8) is 0 Å². The van der Waals surface area contributed by atoms with Crippen LogP contribution in [0.4, 0.5) is 9.93 Å². The first-order chi connectivity index (χ1) is 12.9. The number of urea groups is 1. The molecule has 2 aliphatic rings. The lowest BCUT2D eigenvalue weighted by Gasteiger charge is -2.23. The molecule has 2 heterocycles. The minimum Gasteiger partial charge on any atom is -0.481 e. The third-order valence-corrected chi connectivity index (χ3v) is 6.58. The molecule has 2 aromatic rings. The quantitative estimate of drug-likeness (QED) is 0.841. The van der Waals surface area contributed by atoms with Gasteiger partial charge in [0.25, 0.3) is 0 Å². The predicted molar refractivity (Wildman–Crippen MR) is 103 cm³/mol. The summed E-state index contributed by atoms with van der Waals surface area (Å²) in [5.41, 5.74) is 2.50. The number of anilines is 1. The molecule has 7 nitrogen and oxygen atoms in total. The predicted octanol–water partition coefficient (Wildman–Crippen LogP) is 3.54. The van der Waals surface area contributed by atoms with E-state index in [-0.39, 0.29) is 18.5 Å². The number of carbonyl (C=O) groups excluding carboxylic acids is 1. The summed E-state index contributed by atoms with van der Waals surface area (Å²) in [5, 5.41) is 21.9. The van der Waals surface area contributed by atoms with Crippen LogP contribution in [0.3, 0.4) is 0 Å². The number of hydrogen-bond donors (Lipinski definition) is 2. The number of hydrogen-bond acceptors (Lipinski definition) is 5. The van der Waals surface area contributed by atoms with E-state index in [1.807, 2.05) is 26.0 Å². The molecule has 27 heavy (non-hydrogen) atoms. The maximum absolute atomic E-state index is 12.6. The lowest BCUT2D eigenvalue weighted by atomic mass is 9.81. The fraction of sp³-hybridized carbons (Fsp3) is 0.474. The molecule has 1 saturated heterocycles. The molecule has 1 saturated carbocycles. The van der Waals surface area contributed by atoms with E-state index in [2.05, 4.69) is 21.6 Å². The highest BCUT2D eigenvalue weighted by atomic mass is 32.1. The Labute approximate surface area is 161 Å². The fourth-order valence-electron chi connectivity index (χ4n) is 4.45. The number of aliphatic carboxylic acids is 1. The number of carbonyl (C=O) groups is 2. The molecule has 1 aromatic carbocycles. The summed E-state index contributed by atoms with van der Waals surface area (Å²) in [7, 11) is 0. The fourth-order valence-corrected chi connectivity index (χ4v) is 5.17. The minimum atomic E-state index is -0.784. The minimum absolute atomic E-state index is 0.0426. The number of rotatable bonds is 3. The zero-order valence-electron chi connectivity index (χ0n) is 15.4. The summed E-state index contributed by atoms with van der Waals surface area (Å²) in [6.07, 6.45) is 2.43. The van der Waals surface area contributed by atoms with Gasteiger partial charge in [0.15, 0.2) is 0 Å². The monoisotopic (exact) mass is 386 g/mol. The molecule has 1 aliphatic heterocycles. The van der Waals surface area contributed by atoms with Crippen LogP contribution in [-0.2, 0) is 4.79 Å². The van der Waals surface area contributed by atoms with Crippen LogP contribution in [0.2, 0.25) is 0 Å². The van der Waals surface area contributed by atoms with Crippen molar-refractivity contribution in [3.8, 4) is 10.6 Å². The van der Waals surface area contributed by atoms with Crippen molar-refractivity contribution in [2.75, 3.05) is 18.4 Å². The lowest BCUT2D eigenvalue weighted by Crippen LogP contribution is -2.38. The van der Waals surface area contributed by atoms with Gasteiger partial charge in [-0.25, -0.2) is 4.79 Å². The maximum atomic E-state index is 12.6. The number of nitrogens with one attached hydrogen (secondary N) is 1. The topological polar surface area (TPSA) is 95.4 Å². The molecule has 1 aliphatic carbocycles. The van der Waals surface area contributed by atoms with E-state index in [0.717, 1.165) is 34.5 Å². The van der Waals surface area contributed by atoms with Gasteiger partial charge in [0.05, 0.1) is 5.41 Å². The summed E-state index contributed by atoms with van der Waals surface area (Å²) < 4.78 is 0. The third-order valence-electron chi connectivity index (χ3n) is 5.69. The van der Waals surface area contributed by atoms with Crippen molar-refractivity contribution in [3.05, 3.63) is 29.3 Å². The smallest absolute Gasteiger partial charge is 0.323 e. The molecule has 4 rings (SSSR count). The Balaban J connectivity index is 1.47.